The zero-order valence-corrected chi connectivity index (χ0v) is 11.5. The zero-order valence-electron chi connectivity index (χ0n) is 10.6. The minimum absolute atomic E-state index is 0.203. The molecule has 4 heteroatoms. The lowest BCUT2D eigenvalue weighted by molar-refractivity contribution is 0.627. The monoisotopic (exact) mass is 274 g/mol. The van der Waals surface area contributed by atoms with Gasteiger partial charge >= 0.3 is 0 Å². The summed E-state index contributed by atoms with van der Waals surface area (Å²) in [6.07, 6.45) is 0. The lowest BCUT2D eigenvalue weighted by Gasteiger charge is -2.22. The number of benzene rings is 2. The van der Waals surface area contributed by atoms with Crippen LogP contribution in [0.4, 0.5) is 10.1 Å². The maximum atomic E-state index is 13.3. The van der Waals surface area contributed by atoms with Crippen molar-refractivity contribution in [1.29, 1.82) is 0 Å². The first kappa shape index (κ1) is 13.5. The zero-order chi connectivity index (χ0) is 13.8. The van der Waals surface area contributed by atoms with Crippen molar-refractivity contribution >= 4 is 22.9 Å². The first-order valence-corrected chi connectivity index (χ1v) is 6.33. The van der Waals surface area contributed by atoms with Crippen molar-refractivity contribution in [2.45, 2.75) is 6.54 Å². The summed E-state index contributed by atoms with van der Waals surface area (Å²) in [5, 5.41) is 0. The van der Waals surface area contributed by atoms with Gasteiger partial charge in [-0.3, -0.25) is 0 Å². The fourth-order valence-corrected chi connectivity index (χ4v) is 2.14. The highest BCUT2D eigenvalue weighted by Gasteiger charge is 2.11. The number of anilines is 1. The summed E-state index contributed by atoms with van der Waals surface area (Å²) in [5.74, 6) is -0.334. The molecule has 2 aromatic rings. The van der Waals surface area contributed by atoms with Gasteiger partial charge in [0.25, 0.3) is 0 Å². The van der Waals surface area contributed by atoms with Gasteiger partial charge in [0.2, 0.25) is 0 Å². The van der Waals surface area contributed by atoms with E-state index in [1.54, 1.807) is 6.07 Å². The molecular formula is C15H15FN2S. The molecule has 0 fully saturated rings. The lowest BCUT2D eigenvalue weighted by atomic mass is 10.1. The normalized spacial score (nSPS) is 10.2. The van der Waals surface area contributed by atoms with Crippen molar-refractivity contribution in [1.82, 2.24) is 0 Å². The van der Waals surface area contributed by atoms with E-state index >= 15 is 0 Å². The summed E-state index contributed by atoms with van der Waals surface area (Å²) in [6, 6.07) is 14.5. The van der Waals surface area contributed by atoms with Crippen LogP contribution >= 0.6 is 12.2 Å². The van der Waals surface area contributed by atoms with Gasteiger partial charge in [-0.15, -0.1) is 0 Å². The van der Waals surface area contributed by atoms with Crippen LogP contribution in [0.15, 0.2) is 48.5 Å². The molecule has 0 radical (unpaired) electrons. The third-order valence-corrected chi connectivity index (χ3v) is 3.12. The van der Waals surface area contributed by atoms with E-state index in [0.29, 0.717) is 12.1 Å². The van der Waals surface area contributed by atoms with Crippen molar-refractivity contribution < 1.29 is 4.39 Å². The lowest BCUT2D eigenvalue weighted by Crippen LogP contribution is -2.21. The molecule has 0 aliphatic heterocycles. The number of nitrogens with two attached hydrogens (primary N) is 1. The number of thiocarbonyl (C=S) groups is 1. The van der Waals surface area contributed by atoms with Gasteiger partial charge < -0.3 is 10.6 Å². The largest absolute Gasteiger partial charge is 0.389 e. The van der Waals surface area contributed by atoms with Crippen LogP contribution in [-0.4, -0.2) is 12.0 Å². The smallest absolute Gasteiger partial charge is 0.124 e. The van der Waals surface area contributed by atoms with Crippen molar-refractivity contribution in [3.05, 3.63) is 65.5 Å². The van der Waals surface area contributed by atoms with E-state index in [9.17, 15) is 4.39 Å². The Hall–Kier alpha value is -1.94. The molecule has 0 aliphatic carbocycles. The number of halogens is 1. The molecule has 2 N–H and O–H groups in total. The maximum absolute atomic E-state index is 13.3. The molecule has 98 valence electrons. The Morgan fingerprint density at radius 2 is 1.89 bits per heavy atom. The molecule has 0 aliphatic rings. The Balaban J connectivity index is 2.28. The Labute approximate surface area is 117 Å². The number of nitrogens with zero attached hydrogens (tertiary/aromatic N) is 1. The summed E-state index contributed by atoms with van der Waals surface area (Å²) in [4.78, 5) is 2.21. The van der Waals surface area contributed by atoms with E-state index < -0.39 is 0 Å². The quantitative estimate of drug-likeness (QED) is 0.869. The molecule has 0 spiro atoms. The maximum Gasteiger partial charge on any atom is 0.124 e. The van der Waals surface area contributed by atoms with E-state index in [1.165, 1.54) is 17.7 Å². The SMILES string of the molecule is CN(Cc1ccccc1)c1ccc(F)cc1C(N)=S. The second kappa shape index (κ2) is 5.80. The summed E-state index contributed by atoms with van der Waals surface area (Å²) < 4.78 is 13.3. The molecule has 0 aromatic heterocycles. The van der Waals surface area contributed by atoms with Crippen molar-refractivity contribution in [2.75, 3.05) is 11.9 Å². The molecule has 19 heavy (non-hydrogen) atoms. The molecule has 2 rings (SSSR count). The van der Waals surface area contributed by atoms with E-state index in [-0.39, 0.29) is 10.8 Å². The number of hydrogen-bond donors (Lipinski definition) is 1. The average Bonchev–Trinajstić information content (AvgIpc) is 2.39. The Kier molecular flexibility index (Phi) is 4.12. The van der Waals surface area contributed by atoms with E-state index in [2.05, 4.69) is 0 Å². The number of rotatable bonds is 4. The van der Waals surface area contributed by atoms with Crippen LogP contribution in [0.2, 0.25) is 0 Å². The summed E-state index contributed by atoms with van der Waals surface area (Å²) >= 11 is 4.98. The molecule has 0 bridgehead atoms. The van der Waals surface area contributed by atoms with Gasteiger partial charge in [-0.2, -0.15) is 0 Å². The first-order chi connectivity index (χ1) is 9.08. The van der Waals surface area contributed by atoms with Crippen LogP contribution in [-0.2, 0) is 6.54 Å². The van der Waals surface area contributed by atoms with Gasteiger partial charge in [-0.25, -0.2) is 4.39 Å². The van der Waals surface area contributed by atoms with Crippen LogP contribution in [0.1, 0.15) is 11.1 Å². The predicted molar refractivity (Wildman–Crippen MR) is 80.8 cm³/mol. The molecule has 0 saturated carbocycles. The van der Waals surface area contributed by atoms with E-state index in [0.717, 1.165) is 5.69 Å². The minimum atomic E-state index is -0.334. The van der Waals surface area contributed by atoms with Gasteiger partial charge in [0.1, 0.15) is 10.8 Å². The van der Waals surface area contributed by atoms with Crippen molar-refractivity contribution in [2.24, 2.45) is 5.73 Å². The topological polar surface area (TPSA) is 29.3 Å². The van der Waals surface area contributed by atoms with Gasteiger partial charge in [-0.1, -0.05) is 42.5 Å². The average molecular weight is 274 g/mol. The van der Waals surface area contributed by atoms with Gasteiger partial charge in [-0.05, 0) is 23.8 Å². The summed E-state index contributed by atoms with van der Waals surface area (Å²) in [7, 11) is 1.93. The molecular weight excluding hydrogens is 259 g/mol. The van der Waals surface area contributed by atoms with Crippen molar-refractivity contribution in [3.63, 3.8) is 0 Å². The molecule has 2 aromatic carbocycles. The van der Waals surface area contributed by atoms with Crippen molar-refractivity contribution in [3.8, 4) is 0 Å². The molecule has 0 amide bonds. The van der Waals surface area contributed by atoms with Crippen LogP contribution < -0.4 is 10.6 Å². The molecule has 2 nitrogen and oxygen atoms in total. The summed E-state index contributed by atoms with van der Waals surface area (Å²) in [6.45, 7) is 0.710. The van der Waals surface area contributed by atoms with Crippen LogP contribution in [0.5, 0.6) is 0 Å². The van der Waals surface area contributed by atoms with Crippen LogP contribution in [0.25, 0.3) is 0 Å². The van der Waals surface area contributed by atoms with E-state index in [4.69, 9.17) is 18.0 Å². The summed E-state index contributed by atoms with van der Waals surface area (Å²) in [5.41, 5.74) is 8.22. The molecule has 0 atom stereocenters. The first-order valence-electron chi connectivity index (χ1n) is 5.92. The third-order valence-electron chi connectivity index (χ3n) is 2.90. The van der Waals surface area contributed by atoms with E-state index in [1.807, 2.05) is 42.3 Å². The standard InChI is InChI=1S/C15H15FN2S/c1-18(10-11-5-3-2-4-6-11)14-8-7-12(16)9-13(14)15(17)19/h2-9H,10H2,1H3,(H2,17,19). The highest BCUT2D eigenvalue weighted by molar-refractivity contribution is 7.80. The fourth-order valence-electron chi connectivity index (χ4n) is 1.98. The second-order valence-corrected chi connectivity index (χ2v) is 4.81. The Bertz CT molecular complexity index is 584. The van der Waals surface area contributed by atoms with Crippen LogP contribution in [0.3, 0.4) is 0 Å². The third kappa shape index (κ3) is 3.29. The number of hydrogen-bond acceptors (Lipinski definition) is 2. The molecule has 0 unspecified atom stereocenters. The molecule has 0 saturated heterocycles. The second-order valence-electron chi connectivity index (χ2n) is 4.37. The predicted octanol–water partition coefficient (Wildman–Crippen LogP) is 3.10. The fraction of sp³-hybridized carbons (Fsp3) is 0.133. The van der Waals surface area contributed by atoms with Gasteiger partial charge in [0.05, 0.1) is 0 Å². The van der Waals surface area contributed by atoms with Crippen LogP contribution in [0, 0.1) is 5.82 Å². The Morgan fingerprint density at radius 1 is 1.21 bits per heavy atom. The molecule has 0 heterocycles. The van der Waals surface area contributed by atoms with Gasteiger partial charge in [0.15, 0.2) is 0 Å². The highest BCUT2D eigenvalue weighted by Crippen LogP contribution is 2.22. The minimum Gasteiger partial charge on any atom is -0.389 e. The Morgan fingerprint density at radius 3 is 2.53 bits per heavy atom. The highest BCUT2D eigenvalue weighted by atomic mass is 32.1. The van der Waals surface area contributed by atoms with Gasteiger partial charge in [0, 0.05) is 24.8 Å².